The summed E-state index contributed by atoms with van der Waals surface area (Å²) in [7, 11) is 0. The molecule has 0 fully saturated rings. The number of benzene rings is 2. The summed E-state index contributed by atoms with van der Waals surface area (Å²) in [6.07, 6.45) is 4.12. The molecule has 1 aromatic heterocycles. The van der Waals surface area contributed by atoms with Gasteiger partial charge in [0.1, 0.15) is 5.69 Å². The molecule has 0 saturated heterocycles. The zero-order chi connectivity index (χ0) is 18.8. The molecule has 0 bridgehead atoms. The molecule has 0 aliphatic carbocycles. The van der Waals surface area contributed by atoms with Gasteiger partial charge < -0.3 is 9.80 Å². The van der Waals surface area contributed by atoms with Crippen molar-refractivity contribution in [2.45, 2.75) is 26.3 Å². The van der Waals surface area contributed by atoms with Gasteiger partial charge in [-0.1, -0.05) is 36.4 Å². The summed E-state index contributed by atoms with van der Waals surface area (Å²) in [4.78, 5) is 25.9. The normalized spacial score (nSPS) is 15.5. The van der Waals surface area contributed by atoms with Crippen LogP contribution in [-0.4, -0.2) is 28.5 Å². The third-order valence-electron chi connectivity index (χ3n) is 4.94. The summed E-state index contributed by atoms with van der Waals surface area (Å²) in [6.45, 7) is 4.90. The van der Waals surface area contributed by atoms with Gasteiger partial charge >= 0.3 is 0 Å². The largest absolute Gasteiger partial charge is 0.325 e. The lowest BCUT2D eigenvalue weighted by atomic mass is 10.1. The number of anilines is 3. The van der Waals surface area contributed by atoms with Crippen LogP contribution in [0.5, 0.6) is 0 Å². The van der Waals surface area contributed by atoms with Crippen LogP contribution in [0.15, 0.2) is 67.0 Å². The van der Waals surface area contributed by atoms with Crippen molar-refractivity contribution < 1.29 is 4.79 Å². The average molecular weight is 358 g/mol. The van der Waals surface area contributed by atoms with E-state index in [4.69, 9.17) is 0 Å². The molecule has 0 N–H and O–H groups in total. The van der Waals surface area contributed by atoms with Crippen molar-refractivity contribution in [2.24, 2.45) is 0 Å². The van der Waals surface area contributed by atoms with Gasteiger partial charge in [-0.25, -0.2) is 9.97 Å². The van der Waals surface area contributed by atoms with E-state index in [1.165, 1.54) is 5.56 Å². The van der Waals surface area contributed by atoms with Gasteiger partial charge in [0.2, 0.25) is 0 Å². The first-order valence-electron chi connectivity index (χ1n) is 9.25. The Morgan fingerprint density at radius 3 is 2.52 bits per heavy atom. The zero-order valence-corrected chi connectivity index (χ0v) is 15.5. The van der Waals surface area contributed by atoms with E-state index in [0.717, 1.165) is 30.2 Å². The third kappa shape index (κ3) is 3.16. The van der Waals surface area contributed by atoms with E-state index < -0.39 is 0 Å². The molecule has 136 valence electrons. The van der Waals surface area contributed by atoms with Gasteiger partial charge in [-0.15, -0.1) is 0 Å². The fourth-order valence-electron chi connectivity index (χ4n) is 3.65. The van der Waals surface area contributed by atoms with E-state index in [-0.39, 0.29) is 11.9 Å². The Labute approximate surface area is 159 Å². The predicted octanol–water partition coefficient (Wildman–Crippen LogP) is 4.23. The first-order chi connectivity index (χ1) is 13.2. The molecular formula is C22H22N4O. The van der Waals surface area contributed by atoms with Gasteiger partial charge in [0.05, 0.1) is 12.4 Å². The highest BCUT2D eigenvalue weighted by atomic mass is 16.2. The van der Waals surface area contributed by atoms with Gasteiger partial charge in [0.15, 0.2) is 5.82 Å². The minimum Gasteiger partial charge on any atom is -0.325 e. The number of hydrogen-bond acceptors (Lipinski definition) is 4. The number of para-hydroxylation sites is 2. The lowest BCUT2D eigenvalue weighted by Crippen LogP contribution is -2.36. The van der Waals surface area contributed by atoms with Crippen molar-refractivity contribution in [2.75, 3.05) is 16.3 Å². The lowest BCUT2D eigenvalue weighted by molar-refractivity contribution is 0.0976. The Hall–Kier alpha value is -3.21. The van der Waals surface area contributed by atoms with Gasteiger partial charge in [0.25, 0.3) is 5.91 Å². The number of hydrogen-bond donors (Lipinski definition) is 0. The molecule has 27 heavy (non-hydrogen) atoms. The highest BCUT2D eigenvalue weighted by Crippen LogP contribution is 2.33. The van der Waals surface area contributed by atoms with Crippen LogP contribution in [0, 0.1) is 0 Å². The van der Waals surface area contributed by atoms with Crippen molar-refractivity contribution in [3.63, 3.8) is 0 Å². The van der Waals surface area contributed by atoms with E-state index >= 15 is 0 Å². The van der Waals surface area contributed by atoms with Crippen molar-refractivity contribution in [3.8, 4) is 0 Å². The number of fused-ring (bicyclic) bond motifs is 1. The summed E-state index contributed by atoms with van der Waals surface area (Å²) in [5.41, 5.74) is 3.59. The second-order valence-corrected chi connectivity index (χ2v) is 6.70. The Morgan fingerprint density at radius 1 is 1.07 bits per heavy atom. The first kappa shape index (κ1) is 17.2. The van der Waals surface area contributed by atoms with Crippen LogP contribution in [-0.2, 0) is 6.42 Å². The van der Waals surface area contributed by atoms with Gasteiger partial charge in [0, 0.05) is 24.0 Å². The van der Waals surface area contributed by atoms with Crippen LogP contribution in [0.2, 0.25) is 0 Å². The topological polar surface area (TPSA) is 49.3 Å². The smallest absolute Gasteiger partial charge is 0.278 e. The summed E-state index contributed by atoms with van der Waals surface area (Å²) in [5, 5.41) is 0. The van der Waals surface area contributed by atoms with Crippen LogP contribution >= 0.6 is 0 Å². The number of aromatic nitrogens is 2. The molecule has 1 aliphatic rings. The standard InChI is InChI=1S/C22H22N4O/c1-3-25(18-10-5-4-6-11-18)21-15-23-19(14-24-21)22(27)26-16(2)13-17-9-7-8-12-20(17)26/h4-12,14-16H,3,13H2,1-2H3. The van der Waals surface area contributed by atoms with Crippen molar-refractivity contribution in [1.82, 2.24) is 9.97 Å². The van der Waals surface area contributed by atoms with Crippen LogP contribution in [0.3, 0.4) is 0 Å². The van der Waals surface area contributed by atoms with Crippen LogP contribution in [0.1, 0.15) is 29.9 Å². The van der Waals surface area contributed by atoms with Crippen LogP contribution < -0.4 is 9.80 Å². The molecule has 0 radical (unpaired) electrons. The number of carbonyl (C=O) groups excluding carboxylic acids is 1. The molecule has 3 aromatic rings. The maximum atomic E-state index is 13.1. The summed E-state index contributed by atoms with van der Waals surface area (Å²) >= 11 is 0. The number of carbonyl (C=O) groups is 1. The summed E-state index contributed by atoms with van der Waals surface area (Å²) in [6, 6.07) is 18.2. The Balaban J connectivity index is 1.60. The minimum atomic E-state index is -0.103. The molecule has 2 heterocycles. The quantitative estimate of drug-likeness (QED) is 0.700. The second-order valence-electron chi connectivity index (χ2n) is 6.70. The molecule has 4 rings (SSSR count). The summed E-state index contributed by atoms with van der Waals surface area (Å²) < 4.78 is 0. The van der Waals surface area contributed by atoms with E-state index in [1.54, 1.807) is 12.4 Å². The highest BCUT2D eigenvalue weighted by molar-refractivity contribution is 6.06. The minimum absolute atomic E-state index is 0.103. The Kier molecular flexibility index (Phi) is 4.59. The van der Waals surface area contributed by atoms with E-state index in [2.05, 4.69) is 34.8 Å². The monoisotopic (exact) mass is 358 g/mol. The molecule has 5 heteroatoms. The zero-order valence-electron chi connectivity index (χ0n) is 15.5. The fraction of sp³-hybridized carbons (Fsp3) is 0.227. The molecule has 1 unspecified atom stereocenters. The van der Waals surface area contributed by atoms with Crippen LogP contribution in [0.4, 0.5) is 17.2 Å². The number of nitrogens with zero attached hydrogens (tertiary/aromatic N) is 4. The van der Waals surface area contributed by atoms with Crippen molar-refractivity contribution in [1.29, 1.82) is 0 Å². The van der Waals surface area contributed by atoms with E-state index in [0.29, 0.717) is 5.69 Å². The molecule has 5 nitrogen and oxygen atoms in total. The van der Waals surface area contributed by atoms with Gasteiger partial charge in [-0.3, -0.25) is 4.79 Å². The van der Waals surface area contributed by atoms with Gasteiger partial charge in [-0.05, 0) is 44.0 Å². The molecule has 0 spiro atoms. The highest BCUT2D eigenvalue weighted by Gasteiger charge is 2.32. The Morgan fingerprint density at radius 2 is 1.81 bits per heavy atom. The maximum Gasteiger partial charge on any atom is 0.278 e. The molecule has 1 amide bonds. The lowest BCUT2D eigenvalue weighted by Gasteiger charge is -2.23. The SMILES string of the molecule is CCN(c1ccccc1)c1cnc(C(=O)N2c3ccccc3CC2C)cn1. The molecule has 1 aliphatic heterocycles. The van der Waals surface area contributed by atoms with Crippen molar-refractivity contribution >= 4 is 23.1 Å². The van der Waals surface area contributed by atoms with Crippen molar-refractivity contribution in [3.05, 3.63) is 78.2 Å². The third-order valence-corrected chi connectivity index (χ3v) is 4.94. The molecule has 1 atom stereocenters. The first-order valence-corrected chi connectivity index (χ1v) is 9.25. The number of rotatable bonds is 4. The number of amides is 1. The molecular weight excluding hydrogens is 336 g/mol. The summed E-state index contributed by atoms with van der Waals surface area (Å²) in [5.74, 6) is 0.629. The molecule has 0 saturated carbocycles. The van der Waals surface area contributed by atoms with E-state index in [9.17, 15) is 4.79 Å². The fourth-order valence-corrected chi connectivity index (χ4v) is 3.65. The van der Waals surface area contributed by atoms with Crippen LogP contribution in [0.25, 0.3) is 0 Å². The van der Waals surface area contributed by atoms with Gasteiger partial charge in [-0.2, -0.15) is 0 Å². The molecule has 2 aromatic carbocycles. The second kappa shape index (κ2) is 7.19. The average Bonchev–Trinajstić information content (AvgIpc) is 3.05. The predicted molar refractivity (Wildman–Crippen MR) is 108 cm³/mol. The van der Waals surface area contributed by atoms with E-state index in [1.807, 2.05) is 53.4 Å². The maximum absolute atomic E-state index is 13.1. The Bertz CT molecular complexity index is 940.